The van der Waals surface area contributed by atoms with Crippen LogP contribution < -0.4 is 10.2 Å². The van der Waals surface area contributed by atoms with Crippen molar-refractivity contribution < 1.29 is 14.3 Å². The largest absolute Gasteiger partial charge is 0.423 e. The normalized spacial score (nSPS) is 13.3. The molecular formula is C21H19BrN4O3S. The van der Waals surface area contributed by atoms with Crippen LogP contribution >= 0.6 is 27.3 Å². The van der Waals surface area contributed by atoms with E-state index in [-0.39, 0.29) is 5.91 Å². The van der Waals surface area contributed by atoms with E-state index in [0.29, 0.717) is 15.9 Å². The maximum absolute atomic E-state index is 12.4. The molecule has 1 aliphatic rings. The number of benzene rings is 1. The zero-order valence-electron chi connectivity index (χ0n) is 16.2. The van der Waals surface area contributed by atoms with Crippen molar-refractivity contribution in [1.29, 1.82) is 0 Å². The second-order valence-corrected chi connectivity index (χ2v) is 8.64. The van der Waals surface area contributed by atoms with Gasteiger partial charge in [-0.15, -0.1) is 11.3 Å². The lowest BCUT2D eigenvalue weighted by atomic mass is 9.96. The molecule has 0 aliphatic heterocycles. The van der Waals surface area contributed by atoms with Gasteiger partial charge < -0.3 is 4.74 Å². The molecule has 154 valence electrons. The zero-order chi connectivity index (χ0) is 21.1. The Morgan fingerprint density at radius 3 is 2.73 bits per heavy atom. The highest BCUT2D eigenvalue weighted by atomic mass is 79.9. The standard InChI is InChI=1S/C21H19BrN4O3S/c1-26-11-16(19(22)25-26)21(28)29-14-8-6-13(7-9-14)10-23-24-20(27)17-12-30-18-5-3-2-4-15(17)18/h6-12H,2-5H2,1H3,(H,24,27)/b23-10+. The molecule has 7 nitrogen and oxygen atoms in total. The summed E-state index contributed by atoms with van der Waals surface area (Å²) in [7, 11) is 1.72. The Labute approximate surface area is 185 Å². The van der Waals surface area contributed by atoms with E-state index in [1.165, 1.54) is 21.5 Å². The van der Waals surface area contributed by atoms with Gasteiger partial charge in [0.15, 0.2) is 0 Å². The first kappa shape index (κ1) is 20.5. The van der Waals surface area contributed by atoms with Crippen LogP contribution in [0.15, 0.2) is 45.5 Å². The van der Waals surface area contributed by atoms with Crippen LogP contribution in [0.3, 0.4) is 0 Å². The molecule has 0 atom stereocenters. The smallest absolute Gasteiger partial charge is 0.347 e. The summed E-state index contributed by atoms with van der Waals surface area (Å²) in [6.07, 6.45) is 7.48. The number of carbonyl (C=O) groups is 2. The van der Waals surface area contributed by atoms with Crippen molar-refractivity contribution in [3.8, 4) is 5.75 Å². The van der Waals surface area contributed by atoms with Crippen LogP contribution in [-0.2, 0) is 19.9 Å². The van der Waals surface area contributed by atoms with E-state index in [1.54, 1.807) is 55.1 Å². The number of nitrogens with zero attached hydrogens (tertiary/aromatic N) is 3. The lowest BCUT2D eigenvalue weighted by molar-refractivity contribution is 0.0733. The third-order valence-electron chi connectivity index (χ3n) is 4.78. The van der Waals surface area contributed by atoms with Crippen LogP contribution in [0.25, 0.3) is 0 Å². The van der Waals surface area contributed by atoms with Gasteiger partial charge in [0.2, 0.25) is 0 Å². The number of ether oxygens (including phenoxy) is 1. The van der Waals surface area contributed by atoms with Crippen molar-refractivity contribution in [1.82, 2.24) is 15.2 Å². The second kappa shape index (κ2) is 8.93. The molecule has 3 aromatic rings. The van der Waals surface area contributed by atoms with Crippen LogP contribution in [0, 0.1) is 0 Å². The van der Waals surface area contributed by atoms with E-state index in [9.17, 15) is 9.59 Å². The Bertz CT molecular complexity index is 1120. The number of esters is 1. The van der Waals surface area contributed by atoms with Gasteiger partial charge in [-0.2, -0.15) is 10.2 Å². The number of rotatable bonds is 5. The van der Waals surface area contributed by atoms with E-state index in [1.807, 2.05) is 5.38 Å². The highest BCUT2D eigenvalue weighted by Crippen LogP contribution is 2.30. The number of amides is 1. The third-order valence-corrected chi connectivity index (χ3v) is 6.45. The highest BCUT2D eigenvalue weighted by Gasteiger charge is 2.20. The van der Waals surface area contributed by atoms with Crippen LogP contribution in [0.5, 0.6) is 5.75 Å². The minimum Gasteiger partial charge on any atom is -0.423 e. The van der Waals surface area contributed by atoms with Gasteiger partial charge in [-0.05, 0) is 77.0 Å². The number of hydrazone groups is 1. The number of fused-ring (bicyclic) bond motifs is 1. The minimum absolute atomic E-state index is 0.182. The summed E-state index contributed by atoms with van der Waals surface area (Å²) in [6.45, 7) is 0. The van der Waals surface area contributed by atoms with E-state index >= 15 is 0 Å². The number of nitrogens with one attached hydrogen (secondary N) is 1. The molecule has 30 heavy (non-hydrogen) atoms. The number of hydrogen-bond donors (Lipinski definition) is 1. The van der Waals surface area contributed by atoms with Crippen molar-refractivity contribution in [2.75, 3.05) is 0 Å². The molecule has 0 bridgehead atoms. The van der Waals surface area contributed by atoms with Gasteiger partial charge in [0, 0.05) is 23.5 Å². The van der Waals surface area contributed by atoms with E-state index < -0.39 is 5.97 Å². The predicted octanol–water partition coefficient (Wildman–Crippen LogP) is 4.11. The first-order chi connectivity index (χ1) is 14.5. The summed E-state index contributed by atoms with van der Waals surface area (Å²) in [5.74, 6) is -0.275. The van der Waals surface area contributed by atoms with Gasteiger partial charge in [-0.1, -0.05) is 0 Å². The average Bonchev–Trinajstić information content (AvgIpc) is 3.32. The lowest BCUT2D eigenvalue weighted by Gasteiger charge is -2.11. The first-order valence-corrected chi connectivity index (χ1v) is 11.1. The monoisotopic (exact) mass is 486 g/mol. The SMILES string of the molecule is Cn1cc(C(=O)Oc2ccc(/C=N/NC(=O)c3csc4c3CCCC4)cc2)c(Br)n1. The molecule has 4 rings (SSSR count). The summed E-state index contributed by atoms with van der Waals surface area (Å²) in [6, 6.07) is 6.84. The van der Waals surface area contributed by atoms with E-state index in [4.69, 9.17) is 4.74 Å². The number of hydrogen-bond acceptors (Lipinski definition) is 6. The van der Waals surface area contributed by atoms with E-state index in [2.05, 4.69) is 31.6 Å². The minimum atomic E-state index is -0.497. The quantitative estimate of drug-likeness (QED) is 0.254. The summed E-state index contributed by atoms with van der Waals surface area (Å²) in [5.41, 5.74) is 5.62. The van der Waals surface area contributed by atoms with Crippen molar-refractivity contribution >= 4 is 45.4 Å². The maximum atomic E-state index is 12.4. The molecule has 1 aliphatic carbocycles. The Morgan fingerprint density at radius 1 is 1.23 bits per heavy atom. The molecule has 0 spiro atoms. The molecule has 9 heteroatoms. The Hall–Kier alpha value is -2.78. The van der Waals surface area contributed by atoms with Crippen molar-refractivity contribution in [2.24, 2.45) is 12.1 Å². The molecule has 0 radical (unpaired) electrons. The summed E-state index contributed by atoms with van der Waals surface area (Å²) >= 11 is 4.89. The van der Waals surface area contributed by atoms with Gasteiger partial charge in [0.25, 0.3) is 5.91 Å². The zero-order valence-corrected chi connectivity index (χ0v) is 18.6. The third kappa shape index (κ3) is 4.52. The fourth-order valence-electron chi connectivity index (χ4n) is 3.29. The molecule has 1 N–H and O–H groups in total. The topological polar surface area (TPSA) is 85.6 Å². The van der Waals surface area contributed by atoms with Gasteiger partial charge in [-0.25, -0.2) is 10.2 Å². The van der Waals surface area contributed by atoms with Gasteiger partial charge in [0.05, 0.1) is 11.8 Å². The van der Waals surface area contributed by atoms with Crippen LogP contribution in [0.4, 0.5) is 0 Å². The molecule has 1 aromatic carbocycles. The van der Waals surface area contributed by atoms with Gasteiger partial charge >= 0.3 is 5.97 Å². The summed E-state index contributed by atoms with van der Waals surface area (Å²) in [4.78, 5) is 26.0. The molecule has 1 amide bonds. The highest BCUT2D eigenvalue weighted by molar-refractivity contribution is 9.10. The van der Waals surface area contributed by atoms with Gasteiger partial charge in [-0.3, -0.25) is 9.48 Å². The maximum Gasteiger partial charge on any atom is 0.347 e. The van der Waals surface area contributed by atoms with Crippen molar-refractivity contribution in [2.45, 2.75) is 25.7 Å². The number of aromatic nitrogens is 2. The fraction of sp³-hybridized carbons (Fsp3) is 0.238. The molecule has 2 aromatic heterocycles. The summed E-state index contributed by atoms with van der Waals surface area (Å²) in [5, 5.41) is 10.0. The first-order valence-electron chi connectivity index (χ1n) is 9.45. The molecular weight excluding hydrogens is 468 g/mol. The predicted molar refractivity (Wildman–Crippen MR) is 118 cm³/mol. The molecule has 0 saturated heterocycles. The number of halogens is 1. The number of thiophene rings is 1. The van der Waals surface area contributed by atoms with Crippen molar-refractivity contribution in [3.63, 3.8) is 0 Å². The lowest BCUT2D eigenvalue weighted by Crippen LogP contribution is -2.19. The molecule has 0 saturated carbocycles. The Morgan fingerprint density at radius 2 is 2.00 bits per heavy atom. The van der Waals surface area contributed by atoms with E-state index in [0.717, 1.165) is 30.4 Å². The second-order valence-electron chi connectivity index (χ2n) is 6.92. The van der Waals surface area contributed by atoms with Crippen LogP contribution in [0.2, 0.25) is 0 Å². The van der Waals surface area contributed by atoms with Crippen molar-refractivity contribution in [3.05, 3.63) is 67.6 Å². The fourth-order valence-corrected chi connectivity index (χ4v) is 4.93. The van der Waals surface area contributed by atoms with Crippen LogP contribution in [-0.4, -0.2) is 27.9 Å². The summed E-state index contributed by atoms with van der Waals surface area (Å²) < 4.78 is 7.32. The Kier molecular flexibility index (Phi) is 6.10. The molecule has 0 unspecified atom stereocenters. The molecule has 2 heterocycles. The Balaban J connectivity index is 1.35. The molecule has 0 fully saturated rings. The number of aryl methyl sites for hydroxylation is 2. The van der Waals surface area contributed by atoms with Gasteiger partial charge in [0.1, 0.15) is 15.9 Å². The average molecular weight is 487 g/mol. The number of carbonyl (C=O) groups excluding carboxylic acids is 2. The van der Waals surface area contributed by atoms with Crippen LogP contribution in [0.1, 0.15) is 49.6 Å².